The smallest absolute Gasteiger partial charge is 0.276 e. The average Bonchev–Trinajstić information content (AvgIpc) is 2.87. The van der Waals surface area contributed by atoms with Crippen molar-refractivity contribution >= 4 is 16.6 Å². The third-order valence-corrected chi connectivity index (χ3v) is 4.66. The maximum absolute atomic E-state index is 13.0. The summed E-state index contributed by atoms with van der Waals surface area (Å²) >= 11 is 0. The average molecular weight is 324 g/mol. The molecule has 1 N–H and O–H groups in total. The minimum atomic E-state index is -0.00446. The monoisotopic (exact) mass is 324 g/mol. The molecule has 0 radical (unpaired) electrons. The van der Waals surface area contributed by atoms with Crippen molar-refractivity contribution in [3.63, 3.8) is 0 Å². The highest BCUT2D eigenvalue weighted by atomic mass is 16.1. The third-order valence-electron chi connectivity index (χ3n) is 4.66. The number of hydrogen-bond donors (Lipinski definition) is 1. The first-order valence-electron chi connectivity index (χ1n) is 8.12. The number of anilines is 1. The molecule has 0 aliphatic carbocycles. The lowest BCUT2D eigenvalue weighted by Crippen LogP contribution is -2.50. The van der Waals surface area contributed by atoms with E-state index < -0.39 is 0 Å². The standard InChI is InChI=1S/C17H20N6O/c1-12-8-18-6-7-22(12)14-4-3-5-15-16(14)17(24)21(2)23(15)13-9-19-11-20-10-13/h3-5,9-12,18H,6-8H2,1-2H3. The molecule has 0 saturated carbocycles. The van der Waals surface area contributed by atoms with Gasteiger partial charge in [0.1, 0.15) is 12.0 Å². The van der Waals surface area contributed by atoms with E-state index in [0.717, 1.165) is 41.9 Å². The fraction of sp³-hybridized carbons (Fsp3) is 0.353. The summed E-state index contributed by atoms with van der Waals surface area (Å²) in [5.41, 5.74) is 2.64. The minimum Gasteiger partial charge on any atom is -0.366 e. The molecule has 2 aromatic heterocycles. The number of fused-ring (bicyclic) bond motifs is 1. The number of benzene rings is 1. The van der Waals surface area contributed by atoms with Crippen molar-refractivity contribution in [2.24, 2.45) is 7.05 Å². The van der Waals surface area contributed by atoms with Crippen LogP contribution < -0.4 is 15.8 Å². The molecule has 0 bridgehead atoms. The van der Waals surface area contributed by atoms with Crippen molar-refractivity contribution in [2.75, 3.05) is 24.5 Å². The van der Waals surface area contributed by atoms with Crippen molar-refractivity contribution < 1.29 is 0 Å². The van der Waals surface area contributed by atoms with Gasteiger partial charge in [-0.3, -0.25) is 4.79 Å². The van der Waals surface area contributed by atoms with E-state index >= 15 is 0 Å². The lowest BCUT2D eigenvalue weighted by atomic mass is 10.1. The van der Waals surface area contributed by atoms with Crippen molar-refractivity contribution in [2.45, 2.75) is 13.0 Å². The Balaban J connectivity index is 1.98. The van der Waals surface area contributed by atoms with Crippen LogP contribution in [0.1, 0.15) is 6.92 Å². The Morgan fingerprint density at radius 2 is 2.04 bits per heavy atom. The fourth-order valence-electron chi connectivity index (χ4n) is 3.49. The van der Waals surface area contributed by atoms with Crippen LogP contribution in [0.2, 0.25) is 0 Å². The van der Waals surface area contributed by atoms with Gasteiger partial charge in [0.05, 0.1) is 29.0 Å². The molecule has 4 rings (SSSR count). The van der Waals surface area contributed by atoms with Crippen LogP contribution in [0.3, 0.4) is 0 Å². The molecule has 1 aliphatic rings. The van der Waals surface area contributed by atoms with Gasteiger partial charge in [-0.25, -0.2) is 19.3 Å². The predicted octanol–water partition coefficient (Wildman–Crippen LogP) is 0.917. The number of piperazine rings is 1. The largest absolute Gasteiger partial charge is 0.366 e. The maximum Gasteiger partial charge on any atom is 0.276 e. The second-order valence-corrected chi connectivity index (χ2v) is 6.16. The van der Waals surface area contributed by atoms with Crippen LogP contribution in [-0.4, -0.2) is 45.0 Å². The second kappa shape index (κ2) is 5.76. The molecule has 7 nitrogen and oxygen atoms in total. The van der Waals surface area contributed by atoms with E-state index in [-0.39, 0.29) is 5.56 Å². The lowest BCUT2D eigenvalue weighted by Gasteiger charge is -2.36. The first-order chi connectivity index (χ1) is 11.7. The lowest BCUT2D eigenvalue weighted by molar-refractivity contribution is 0.502. The number of rotatable bonds is 2. The van der Waals surface area contributed by atoms with Crippen LogP contribution in [0.15, 0.2) is 41.7 Å². The molecular formula is C17H20N6O. The second-order valence-electron chi connectivity index (χ2n) is 6.16. The van der Waals surface area contributed by atoms with E-state index in [9.17, 15) is 4.79 Å². The molecule has 1 atom stereocenters. The summed E-state index contributed by atoms with van der Waals surface area (Å²) in [4.78, 5) is 23.4. The number of nitrogens with one attached hydrogen (secondary N) is 1. The summed E-state index contributed by atoms with van der Waals surface area (Å²) in [7, 11) is 1.78. The van der Waals surface area contributed by atoms with Gasteiger partial charge in [0.25, 0.3) is 5.56 Å². The van der Waals surface area contributed by atoms with Gasteiger partial charge in [-0.15, -0.1) is 0 Å². The highest BCUT2D eigenvalue weighted by Crippen LogP contribution is 2.28. The highest BCUT2D eigenvalue weighted by molar-refractivity contribution is 5.93. The van der Waals surface area contributed by atoms with Crippen molar-refractivity contribution in [1.82, 2.24) is 24.6 Å². The van der Waals surface area contributed by atoms with E-state index in [1.165, 1.54) is 6.33 Å². The van der Waals surface area contributed by atoms with Crippen molar-refractivity contribution in [1.29, 1.82) is 0 Å². The molecule has 0 amide bonds. The third kappa shape index (κ3) is 2.20. The van der Waals surface area contributed by atoms with Crippen LogP contribution >= 0.6 is 0 Å². The maximum atomic E-state index is 13.0. The Hall–Kier alpha value is -2.67. The Morgan fingerprint density at radius 3 is 2.79 bits per heavy atom. The number of aromatic nitrogens is 4. The minimum absolute atomic E-state index is 0.00446. The van der Waals surface area contributed by atoms with Gasteiger partial charge in [0, 0.05) is 32.7 Å². The van der Waals surface area contributed by atoms with Gasteiger partial charge < -0.3 is 10.2 Å². The van der Waals surface area contributed by atoms with Gasteiger partial charge >= 0.3 is 0 Å². The van der Waals surface area contributed by atoms with Crippen molar-refractivity contribution in [3.05, 3.63) is 47.3 Å². The normalized spacial score (nSPS) is 18.2. The highest BCUT2D eigenvalue weighted by Gasteiger charge is 2.23. The van der Waals surface area contributed by atoms with Gasteiger partial charge in [-0.2, -0.15) is 0 Å². The summed E-state index contributed by atoms with van der Waals surface area (Å²) in [6, 6.07) is 6.36. The van der Waals surface area contributed by atoms with Gasteiger partial charge in [0.15, 0.2) is 0 Å². The molecule has 1 fully saturated rings. The summed E-state index contributed by atoms with van der Waals surface area (Å²) in [6.45, 7) is 4.92. The Kier molecular flexibility index (Phi) is 3.57. The van der Waals surface area contributed by atoms with Crippen molar-refractivity contribution in [3.8, 4) is 5.69 Å². The predicted molar refractivity (Wildman–Crippen MR) is 93.8 cm³/mol. The molecule has 3 aromatic rings. The quantitative estimate of drug-likeness (QED) is 0.759. The summed E-state index contributed by atoms with van der Waals surface area (Å²) < 4.78 is 3.49. The van der Waals surface area contributed by atoms with Gasteiger partial charge in [0.2, 0.25) is 0 Å². The summed E-state index contributed by atoms with van der Waals surface area (Å²) in [6.07, 6.45) is 4.92. The first-order valence-corrected chi connectivity index (χ1v) is 8.12. The Morgan fingerprint density at radius 1 is 1.25 bits per heavy atom. The van der Waals surface area contributed by atoms with Gasteiger partial charge in [-0.1, -0.05) is 6.07 Å². The molecule has 1 aromatic carbocycles. The molecular weight excluding hydrogens is 304 g/mol. The fourth-order valence-corrected chi connectivity index (χ4v) is 3.49. The molecule has 3 heterocycles. The molecule has 0 spiro atoms. The molecule has 24 heavy (non-hydrogen) atoms. The van der Waals surface area contributed by atoms with Crippen LogP contribution in [0.25, 0.3) is 16.6 Å². The van der Waals surface area contributed by atoms with E-state index in [1.807, 2.05) is 22.9 Å². The Bertz CT molecular complexity index is 929. The summed E-state index contributed by atoms with van der Waals surface area (Å²) in [5, 5.41) is 4.14. The topological polar surface area (TPSA) is 68.0 Å². The zero-order valence-corrected chi connectivity index (χ0v) is 13.8. The molecule has 124 valence electrons. The number of hydrogen-bond acceptors (Lipinski definition) is 5. The molecule has 1 saturated heterocycles. The zero-order chi connectivity index (χ0) is 16.7. The number of nitrogens with zero attached hydrogens (tertiary/aromatic N) is 5. The first kappa shape index (κ1) is 14.9. The van der Waals surface area contributed by atoms with E-state index in [4.69, 9.17) is 0 Å². The zero-order valence-electron chi connectivity index (χ0n) is 13.8. The van der Waals surface area contributed by atoms with Gasteiger partial charge in [-0.05, 0) is 19.1 Å². The molecule has 1 aliphatic heterocycles. The summed E-state index contributed by atoms with van der Waals surface area (Å²) in [5.74, 6) is 0. The molecule has 1 unspecified atom stereocenters. The van der Waals surface area contributed by atoms with Crippen LogP contribution in [0.4, 0.5) is 5.69 Å². The van der Waals surface area contributed by atoms with E-state index in [2.05, 4.69) is 27.1 Å². The van der Waals surface area contributed by atoms with E-state index in [0.29, 0.717) is 6.04 Å². The van der Waals surface area contributed by atoms with Crippen LogP contribution in [0.5, 0.6) is 0 Å². The van der Waals surface area contributed by atoms with Crippen LogP contribution in [-0.2, 0) is 7.05 Å². The Labute approximate surface area is 139 Å². The molecule has 7 heteroatoms. The van der Waals surface area contributed by atoms with E-state index in [1.54, 1.807) is 24.1 Å². The van der Waals surface area contributed by atoms with Crippen LogP contribution in [0, 0.1) is 0 Å². The SMILES string of the molecule is CC1CNCCN1c1cccc2c1c(=O)n(C)n2-c1cncnc1.